The predicted octanol–water partition coefficient (Wildman–Crippen LogP) is 0.512. The second-order valence-electron chi connectivity index (χ2n) is 5.65. The van der Waals surface area contributed by atoms with Gasteiger partial charge in [0.25, 0.3) is 0 Å². The van der Waals surface area contributed by atoms with Crippen molar-refractivity contribution in [2.45, 2.75) is 19.4 Å². The Hall–Kier alpha value is -2.70. The van der Waals surface area contributed by atoms with Gasteiger partial charge in [-0.05, 0) is 17.7 Å². The van der Waals surface area contributed by atoms with Gasteiger partial charge in [0.1, 0.15) is 0 Å². The first kappa shape index (κ1) is 15.2. The van der Waals surface area contributed by atoms with Crippen molar-refractivity contribution in [1.82, 2.24) is 25.2 Å². The van der Waals surface area contributed by atoms with Gasteiger partial charge in [-0.3, -0.25) is 14.6 Å². The van der Waals surface area contributed by atoms with Crippen LogP contribution in [-0.4, -0.2) is 44.8 Å². The summed E-state index contributed by atoms with van der Waals surface area (Å²) in [4.78, 5) is 36.9. The normalized spacial score (nSPS) is 17.5. The molecule has 7 heteroatoms. The van der Waals surface area contributed by atoms with Crippen LogP contribution in [0.5, 0.6) is 0 Å². The summed E-state index contributed by atoms with van der Waals surface area (Å²) in [6.07, 6.45) is 7.74. The monoisotopic (exact) mass is 313 g/mol. The van der Waals surface area contributed by atoms with Crippen molar-refractivity contribution in [1.29, 1.82) is 0 Å². The molecule has 1 aliphatic rings. The Balaban J connectivity index is 1.47. The Bertz CT molecular complexity index is 656. The van der Waals surface area contributed by atoms with Crippen LogP contribution < -0.4 is 5.32 Å². The Morgan fingerprint density at radius 2 is 2.17 bits per heavy atom. The molecule has 1 unspecified atom stereocenters. The predicted molar refractivity (Wildman–Crippen MR) is 83.1 cm³/mol. The van der Waals surface area contributed by atoms with Crippen LogP contribution in [0.4, 0.5) is 0 Å². The molecule has 2 aromatic heterocycles. The Morgan fingerprint density at radius 3 is 2.91 bits per heavy atom. The Kier molecular flexibility index (Phi) is 4.65. The second kappa shape index (κ2) is 7.04. The highest BCUT2D eigenvalue weighted by Crippen LogP contribution is 2.20. The largest absolute Gasteiger partial charge is 0.355 e. The number of amides is 2. The molecule has 2 N–H and O–H groups in total. The minimum Gasteiger partial charge on any atom is -0.355 e. The van der Waals surface area contributed by atoms with E-state index in [2.05, 4.69) is 20.3 Å². The SMILES string of the molecule is O=C(NCCc1cnc[nH]1)C1CC(=O)N(Cc2ccncc2)C1. The molecule has 0 radical (unpaired) electrons. The molecule has 1 aliphatic heterocycles. The number of nitrogens with zero attached hydrogens (tertiary/aromatic N) is 3. The zero-order valence-electron chi connectivity index (χ0n) is 12.7. The van der Waals surface area contributed by atoms with Crippen LogP contribution in [0.15, 0.2) is 37.1 Å². The summed E-state index contributed by atoms with van der Waals surface area (Å²) in [6.45, 7) is 1.53. The van der Waals surface area contributed by atoms with Gasteiger partial charge in [-0.25, -0.2) is 4.98 Å². The number of carbonyl (C=O) groups excluding carboxylic acids is 2. The maximum absolute atomic E-state index is 12.2. The number of likely N-dealkylation sites (tertiary alicyclic amines) is 1. The van der Waals surface area contributed by atoms with E-state index in [9.17, 15) is 9.59 Å². The van der Waals surface area contributed by atoms with Crippen molar-refractivity contribution in [3.05, 3.63) is 48.3 Å². The summed E-state index contributed by atoms with van der Waals surface area (Å²) in [5.41, 5.74) is 2.00. The van der Waals surface area contributed by atoms with Crippen LogP contribution in [0, 0.1) is 5.92 Å². The number of aromatic amines is 1. The van der Waals surface area contributed by atoms with E-state index in [0.717, 1.165) is 11.3 Å². The fourth-order valence-electron chi connectivity index (χ4n) is 2.70. The third-order valence-corrected chi connectivity index (χ3v) is 3.96. The molecular formula is C16H19N5O2. The molecule has 0 aromatic carbocycles. The van der Waals surface area contributed by atoms with Crippen LogP contribution in [0.3, 0.4) is 0 Å². The number of nitrogens with one attached hydrogen (secondary N) is 2. The lowest BCUT2D eigenvalue weighted by Gasteiger charge is -2.16. The molecule has 1 fully saturated rings. The van der Waals surface area contributed by atoms with Gasteiger partial charge in [0, 0.05) is 56.8 Å². The molecule has 0 spiro atoms. The first-order valence-electron chi connectivity index (χ1n) is 7.64. The molecule has 0 saturated carbocycles. The molecule has 3 rings (SSSR count). The number of pyridine rings is 1. The second-order valence-corrected chi connectivity index (χ2v) is 5.65. The van der Waals surface area contributed by atoms with E-state index in [1.165, 1.54) is 0 Å². The molecule has 2 aromatic rings. The van der Waals surface area contributed by atoms with E-state index >= 15 is 0 Å². The molecule has 120 valence electrons. The molecule has 7 nitrogen and oxygen atoms in total. The summed E-state index contributed by atoms with van der Waals surface area (Å²) in [5, 5.41) is 2.89. The van der Waals surface area contributed by atoms with Crippen molar-refractivity contribution in [2.24, 2.45) is 5.92 Å². The van der Waals surface area contributed by atoms with E-state index in [4.69, 9.17) is 0 Å². The lowest BCUT2D eigenvalue weighted by Crippen LogP contribution is -2.34. The first-order chi connectivity index (χ1) is 11.2. The van der Waals surface area contributed by atoms with Crippen molar-refractivity contribution < 1.29 is 9.59 Å². The van der Waals surface area contributed by atoms with Crippen LogP contribution in [0.25, 0.3) is 0 Å². The smallest absolute Gasteiger partial charge is 0.225 e. The van der Waals surface area contributed by atoms with Crippen molar-refractivity contribution >= 4 is 11.8 Å². The van der Waals surface area contributed by atoms with Crippen LogP contribution in [-0.2, 0) is 22.6 Å². The van der Waals surface area contributed by atoms with Crippen LogP contribution in [0.2, 0.25) is 0 Å². The van der Waals surface area contributed by atoms with E-state index in [0.29, 0.717) is 26.1 Å². The third-order valence-electron chi connectivity index (χ3n) is 3.96. The molecule has 2 amide bonds. The van der Waals surface area contributed by atoms with Crippen LogP contribution >= 0.6 is 0 Å². The highest BCUT2D eigenvalue weighted by atomic mass is 16.2. The zero-order chi connectivity index (χ0) is 16.1. The summed E-state index contributed by atoms with van der Waals surface area (Å²) in [7, 11) is 0. The van der Waals surface area contributed by atoms with Crippen molar-refractivity contribution in [3.8, 4) is 0 Å². The molecule has 0 bridgehead atoms. The van der Waals surface area contributed by atoms with Gasteiger partial charge in [-0.2, -0.15) is 0 Å². The van der Waals surface area contributed by atoms with Gasteiger partial charge >= 0.3 is 0 Å². The fourth-order valence-corrected chi connectivity index (χ4v) is 2.70. The van der Waals surface area contributed by atoms with Crippen molar-refractivity contribution in [2.75, 3.05) is 13.1 Å². The summed E-state index contributed by atoms with van der Waals surface area (Å²) in [5.74, 6) is -0.309. The Labute approximate surface area is 134 Å². The van der Waals surface area contributed by atoms with E-state index in [-0.39, 0.29) is 24.2 Å². The number of imidazole rings is 1. The van der Waals surface area contributed by atoms with Gasteiger partial charge in [-0.15, -0.1) is 0 Å². The van der Waals surface area contributed by atoms with Gasteiger partial charge < -0.3 is 15.2 Å². The average Bonchev–Trinajstić information content (AvgIpc) is 3.19. The van der Waals surface area contributed by atoms with Gasteiger partial charge in [-0.1, -0.05) is 0 Å². The minimum absolute atomic E-state index is 0.0236. The number of carbonyl (C=O) groups is 2. The van der Waals surface area contributed by atoms with Gasteiger partial charge in [0.2, 0.25) is 11.8 Å². The molecule has 3 heterocycles. The topological polar surface area (TPSA) is 91.0 Å². The number of aromatic nitrogens is 3. The molecule has 0 aliphatic carbocycles. The highest BCUT2D eigenvalue weighted by Gasteiger charge is 2.33. The lowest BCUT2D eigenvalue weighted by atomic mass is 10.1. The summed E-state index contributed by atoms with van der Waals surface area (Å²) in [6, 6.07) is 3.76. The fraction of sp³-hybridized carbons (Fsp3) is 0.375. The quantitative estimate of drug-likeness (QED) is 0.813. The lowest BCUT2D eigenvalue weighted by molar-refractivity contribution is -0.129. The maximum atomic E-state index is 12.2. The third kappa shape index (κ3) is 3.94. The minimum atomic E-state index is -0.272. The van der Waals surface area contributed by atoms with E-state index in [1.54, 1.807) is 29.8 Å². The number of hydrogen-bond acceptors (Lipinski definition) is 4. The average molecular weight is 313 g/mol. The zero-order valence-corrected chi connectivity index (χ0v) is 12.7. The summed E-state index contributed by atoms with van der Waals surface area (Å²) < 4.78 is 0. The molecule has 1 atom stereocenters. The molecular weight excluding hydrogens is 294 g/mol. The highest BCUT2D eigenvalue weighted by molar-refractivity contribution is 5.89. The first-order valence-corrected chi connectivity index (χ1v) is 7.64. The summed E-state index contributed by atoms with van der Waals surface area (Å²) >= 11 is 0. The van der Waals surface area contributed by atoms with Gasteiger partial charge in [0.05, 0.1) is 12.2 Å². The number of hydrogen-bond donors (Lipinski definition) is 2. The number of H-pyrrole nitrogens is 1. The van der Waals surface area contributed by atoms with E-state index < -0.39 is 0 Å². The number of rotatable bonds is 6. The molecule has 1 saturated heterocycles. The Morgan fingerprint density at radius 1 is 1.35 bits per heavy atom. The van der Waals surface area contributed by atoms with Gasteiger partial charge in [0.15, 0.2) is 0 Å². The van der Waals surface area contributed by atoms with Crippen molar-refractivity contribution in [3.63, 3.8) is 0 Å². The van der Waals surface area contributed by atoms with E-state index in [1.807, 2.05) is 12.1 Å². The standard InChI is InChI=1S/C16H19N5O2/c22-15-7-13(10-21(15)9-12-1-4-17-5-2-12)16(23)19-6-3-14-8-18-11-20-14/h1-2,4-5,8,11,13H,3,6-7,9-10H2,(H,18,20)(H,19,23). The van der Waals surface area contributed by atoms with Crippen LogP contribution in [0.1, 0.15) is 17.7 Å². The maximum Gasteiger partial charge on any atom is 0.225 e. The molecule has 23 heavy (non-hydrogen) atoms.